The number of anilines is 1. The second-order valence-corrected chi connectivity index (χ2v) is 9.36. The van der Waals surface area contributed by atoms with E-state index in [1.54, 1.807) is 12.1 Å². The zero-order chi connectivity index (χ0) is 20.6. The van der Waals surface area contributed by atoms with Crippen LogP contribution < -0.4 is 5.32 Å². The molecule has 150 valence electrons. The van der Waals surface area contributed by atoms with Crippen molar-refractivity contribution in [3.8, 4) is 0 Å². The fourth-order valence-electron chi connectivity index (χ4n) is 3.63. The zero-order valence-electron chi connectivity index (χ0n) is 16.5. The Kier molecular flexibility index (Phi) is 5.10. The number of rotatable bonds is 4. The molecule has 0 unspecified atom stereocenters. The molecule has 1 aromatic heterocycles. The highest BCUT2D eigenvalue weighted by Crippen LogP contribution is 2.25. The fourth-order valence-corrected chi connectivity index (χ4v) is 5.14. The van der Waals surface area contributed by atoms with Gasteiger partial charge in [-0.1, -0.05) is 11.6 Å². The first-order valence-corrected chi connectivity index (χ1v) is 11.1. The number of fused-ring (bicyclic) bond motifs is 1. The summed E-state index contributed by atoms with van der Waals surface area (Å²) >= 11 is 0. The quantitative estimate of drug-likeness (QED) is 0.709. The van der Waals surface area contributed by atoms with Crippen LogP contribution in [0.2, 0.25) is 0 Å². The number of benzene rings is 2. The van der Waals surface area contributed by atoms with Crippen molar-refractivity contribution in [3.63, 3.8) is 0 Å². The first-order chi connectivity index (χ1) is 13.8. The maximum atomic E-state index is 12.8. The van der Waals surface area contributed by atoms with Gasteiger partial charge in [-0.2, -0.15) is 4.31 Å². The monoisotopic (exact) mass is 409 g/mol. The molecule has 1 amide bonds. The summed E-state index contributed by atoms with van der Waals surface area (Å²) in [5.74, 6) is -0.288. The van der Waals surface area contributed by atoms with Crippen LogP contribution in [0, 0.1) is 13.8 Å². The van der Waals surface area contributed by atoms with E-state index in [1.165, 1.54) is 16.4 Å². The Labute approximate surface area is 170 Å². The number of carbonyl (C=O) groups excluding carboxylic acids is 1. The number of sulfonamides is 1. The third-order valence-electron chi connectivity index (χ3n) is 5.16. The summed E-state index contributed by atoms with van der Waals surface area (Å²) < 4.78 is 26.8. The van der Waals surface area contributed by atoms with Crippen molar-refractivity contribution in [2.24, 2.45) is 0 Å². The lowest BCUT2D eigenvalue weighted by atomic mass is 10.1. The average Bonchev–Trinajstić information content (AvgIpc) is 3.24. The number of carbonyl (C=O) groups is 1. The van der Waals surface area contributed by atoms with Gasteiger partial charge in [0.15, 0.2) is 0 Å². The van der Waals surface area contributed by atoms with Crippen LogP contribution in [0.25, 0.3) is 10.9 Å². The molecule has 1 saturated heterocycles. The van der Waals surface area contributed by atoms with Crippen molar-refractivity contribution in [2.45, 2.75) is 31.6 Å². The predicted octanol–water partition coefficient (Wildman–Crippen LogP) is 3.89. The largest absolute Gasteiger partial charge is 0.321 e. The van der Waals surface area contributed by atoms with Crippen molar-refractivity contribution < 1.29 is 13.2 Å². The molecule has 0 atom stereocenters. The van der Waals surface area contributed by atoms with E-state index in [2.05, 4.69) is 10.3 Å². The molecular formula is C22H23N3O3S. The number of nitrogens with one attached hydrogen (secondary N) is 1. The number of nitrogens with zero attached hydrogens (tertiary/aromatic N) is 2. The summed E-state index contributed by atoms with van der Waals surface area (Å²) in [6, 6.07) is 13.9. The second-order valence-electron chi connectivity index (χ2n) is 7.42. The van der Waals surface area contributed by atoms with Crippen molar-refractivity contribution in [1.82, 2.24) is 9.29 Å². The van der Waals surface area contributed by atoms with E-state index in [0.717, 1.165) is 35.0 Å². The van der Waals surface area contributed by atoms with Crippen LogP contribution in [-0.4, -0.2) is 36.7 Å². The number of amides is 1. The highest BCUT2D eigenvalue weighted by Gasteiger charge is 2.27. The molecule has 6 nitrogen and oxygen atoms in total. The number of hydrogen-bond donors (Lipinski definition) is 1. The van der Waals surface area contributed by atoms with Gasteiger partial charge >= 0.3 is 0 Å². The molecule has 0 saturated carbocycles. The maximum absolute atomic E-state index is 12.8. The van der Waals surface area contributed by atoms with Crippen LogP contribution in [-0.2, 0) is 10.0 Å². The van der Waals surface area contributed by atoms with Gasteiger partial charge < -0.3 is 5.32 Å². The van der Waals surface area contributed by atoms with E-state index >= 15 is 0 Å². The lowest BCUT2D eigenvalue weighted by Crippen LogP contribution is -2.27. The van der Waals surface area contributed by atoms with Crippen molar-refractivity contribution in [2.75, 3.05) is 18.4 Å². The van der Waals surface area contributed by atoms with Crippen LogP contribution >= 0.6 is 0 Å². The number of aromatic nitrogens is 1. The molecule has 0 bridgehead atoms. The molecule has 0 radical (unpaired) electrons. The Bertz CT molecular complexity index is 1180. The molecule has 29 heavy (non-hydrogen) atoms. The van der Waals surface area contributed by atoms with E-state index in [9.17, 15) is 13.2 Å². The van der Waals surface area contributed by atoms with Gasteiger partial charge in [-0.05, 0) is 69.2 Å². The molecule has 1 fully saturated rings. The van der Waals surface area contributed by atoms with Crippen molar-refractivity contribution in [1.29, 1.82) is 0 Å². The molecule has 3 aromatic rings. The summed E-state index contributed by atoms with van der Waals surface area (Å²) in [6.45, 7) is 4.98. The van der Waals surface area contributed by atoms with Crippen LogP contribution in [0.3, 0.4) is 0 Å². The minimum atomic E-state index is -3.49. The fraction of sp³-hybridized carbons (Fsp3) is 0.273. The molecule has 1 aliphatic heterocycles. The highest BCUT2D eigenvalue weighted by atomic mass is 32.2. The lowest BCUT2D eigenvalue weighted by molar-refractivity contribution is 0.102. The van der Waals surface area contributed by atoms with E-state index in [-0.39, 0.29) is 10.8 Å². The van der Waals surface area contributed by atoms with E-state index in [1.807, 2.05) is 38.1 Å². The Morgan fingerprint density at radius 3 is 2.38 bits per heavy atom. The standard InChI is InChI=1S/C22H23N3O3S/c1-15-5-10-20-19(13-15)21(14-16(2)23-20)24-22(26)17-6-8-18(9-7-17)29(27,28)25-11-3-4-12-25/h5-10,13-14H,3-4,11-12H2,1-2H3,(H,23,24,26). The Hall–Kier alpha value is -2.77. The molecule has 1 N–H and O–H groups in total. The van der Waals surface area contributed by atoms with Crippen LogP contribution in [0.4, 0.5) is 5.69 Å². The van der Waals surface area contributed by atoms with E-state index in [4.69, 9.17) is 0 Å². The van der Waals surface area contributed by atoms with Gasteiger partial charge in [0.1, 0.15) is 0 Å². The van der Waals surface area contributed by atoms with Gasteiger partial charge in [-0.25, -0.2) is 8.42 Å². The Morgan fingerprint density at radius 1 is 1.00 bits per heavy atom. The van der Waals surface area contributed by atoms with Crippen molar-refractivity contribution in [3.05, 3.63) is 65.4 Å². The lowest BCUT2D eigenvalue weighted by Gasteiger charge is -2.15. The number of pyridine rings is 1. The smallest absolute Gasteiger partial charge is 0.255 e. The molecule has 1 aliphatic rings. The van der Waals surface area contributed by atoms with Crippen LogP contribution in [0.15, 0.2) is 53.4 Å². The van der Waals surface area contributed by atoms with Crippen LogP contribution in [0.5, 0.6) is 0 Å². The van der Waals surface area contributed by atoms with Gasteiger partial charge in [-0.3, -0.25) is 9.78 Å². The normalized spacial score (nSPS) is 15.0. The Morgan fingerprint density at radius 2 is 1.69 bits per heavy atom. The van der Waals surface area contributed by atoms with Gasteiger partial charge in [0.25, 0.3) is 5.91 Å². The molecule has 2 heterocycles. The summed E-state index contributed by atoms with van der Waals surface area (Å²) in [5, 5.41) is 3.82. The zero-order valence-corrected chi connectivity index (χ0v) is 17.3. The summed E-state index contributed by atoms with van der Waals surface area (Å²) in [5.41, 5.74) is 3.80. The molecule has 0 spiro atoms. The minimum absolute atomic E-state index is 0.219. The first-order valence-electron chi connectivity index (χ1n) is 9.64. The van der Waals surface area contributed by atoms with Gasteiger partial charge in [0.05, 0.1) is 16.1 Å². The SMILES string of the molecule is Cc1ccc2nc(C)cc(NC(=O)c3ccc(S(=O)(=O)N4CCCC4)cc3)c2c1. The molecule has 0 aliphatic carbocycles. The maximum Gasteiger partial charge on any atom is 0.255 e. The second kappa shape index (κ2) is 7.57. The predicted molar refractivity (Wildman–Crippen MR) is 114 cm³/mol. The third-order valence-corrected chi connectivity index (χ3v) is 7.07. The summed E-state index contributed by atoms with van der Waals surface area (Å²) in [6.07, 6.45) is 1.77. The minimum Gasteiger partial charge on any atom is -0.321 e. The molecular weight excluding hydrogens is 386 g/mol. The van der Waals surface area contributed by atoms with Crippen LogP contribution in [0.1, 0.15) is 34.5 Å². The first kappa shape index (κ1) is 19.5. The van der Waals surface area contributed by atoms with Gasteiger partial charge in [0.2, 0.25) is 10.0 Å². The Balaban J connectivity index is 1.60. The molecule has 7 heteroatoms. The molecule has 2 aromatic carbocycles. The number of aryl methyl sites for hydroxylation is 2. The summed E-state index contributed by atoms with van der Waals surface area (Å²) in [7, 11) is -3.49. The van der Waals surface area contributed by atoms with Gasteiger partial charge in [0, 0.05) is 29.7 Å². The van der Waals surface area contributed by atoms with Crippen molar-refractivity contribution >= 4 is 32.5 Å². The van der Waals surface area contributed by atoms with E-state index in [0.29, 0.717) is 24.3 Å². The third kappa shape index (κ3) is 3.88. The van der Waals surface area contributed by atoms with E-state index < -0.39 is 10.0 Å². The summed E-state index contributed by atoms with van der Waals surface area (Å²) in [4.78, 5) is 17.5. The van der Waals surface area contributed by atoms with Gasteiger partial charge in [-0.15, -0.1) is 0 Å². The molecule has 4 rings (SSSR count). The topological polar surface area (TPSA) is 79.4 Å². The number of hydrogen-bond acceptors (Lipinski definition) is 4. The average molecular weight is 410 g/mol. The highest BCUT2D eigenvalue weighted by molar-refractivity contribution is 7.89.